The Morgan fingerprint density at radius 2 is 1.97 bits per heavy atom. The molecule has 1 fully saturated rings. The van der Waals surface area contributed by atoms with E-state index in [1.165, 1.54) is 17.4 Å². The maximum absolute atomic E-state index is 13.0. The molecule has 0 bridgehead atoms. The Labute approximate surface area is 186 Å². The van der Waals surface area contributed by atoms with Crippen LogP contribution in [0, 0.1) is 6.92 Å². The van der Waals surface area contributed by atoms with E-state index in [1.807, 2.05) is 6.07 Å². The van der Waals surface area contributed by atoms with E-state index in [-0.39, 0.29) is 29.0 Å². The van der Waals surface area contributed by atoms with Crippen molar-refractivity contribution in [1.82, 2.24) is 5.16 Å². The van der Waals surface area contributed by atoms with Crippen molar-refractivity contribution in [3.05, 3.63) is 50.8 Å². The average Bonchev–Trinajstić information content (AvgIpc) is 3.53. The fourth-order valence-electron chi connectivity index (χ4n) is 3.47. The molecule has 2 aromatic heterocycles. The zero-order chi connectivity index (χ0) is 21.6. The molecule has 0 radical (unpaired) electrons. The molecule has 0 spiro atoms. The summed E-state index contributed by atoms with van der Waals surface area (Å²) in [4.78, 5) is 0.640. The maximum Gasteiger partial charge on any atom is 0.265 e. The number of thiophene rings is 1. The minimum atomic E-state index is -3.98. The Balaban J connectivity index is 1.47. The summed E-state index contributed by atoms with van der Waals surface area (Å²) in [6.07, 6.45) is 0.184. The molecular formula is C19H17ClN2O7S2. The standard InChI is InChI=1S/C19H17ClN2O7S2/c1-11-17(20)18(29-21-11)22-31(23,24)16-4-7-30-15(16)9-19(27-5-6-28-19)12-2-3-13-14(8-12)26-10-25-13/h2-4,7-8,22H,5-6,9-10H2,1H3. The highest BCUT2D eigenvalue weighted by molar-refractivity contribution is 7.93. The van der Waals surface area contributed by atoms with Crippen LogP contribution in [0.3, 0.4) is 0 Å². The largest absolute Gasteiger partial charge is 0.454 e. The zero-order valence-corrected chi connectivity index (χ0v) is 18.6. The van der Waals surface area contributed by atoms with E-state index < -0.39 is 15.8 Å². The van der Waals surface area contributed by atoms with Gasteiger partial charge in [0.25, 0.3) is 15.9 Å². The van der Waals surface area contributed by atoms with Gasteiger partial charge in [0, 0.05) is 16.9 Å². The van der Waals surface area contributed by atoms with Crippen molar-refractivity contribution in [1.29, 1.82) is 0 Å². The van der Waals surface area contributed by atoms with Gasteiger partial charge in [0.15, 0.2) is 17.3 Å². The third-order valence-electron chi connectivity index (χ3n) is 4.97. The molecule has 2 aliphatic heterocycles. The highest BCUT2D eigenvalue weighted by Gasteiger charge is 2.41. The van der Waals surface area contributed by atoms with Gasteiger partial charge in [0.05, 0.1) is 13.2 Å². The monoisotopic (exact) mass is 484 g/mol. The van der Waals surface area contributed by atoms with Crippen LogP contribution in [-0.4, -0.2) is 33.6 Å². The molecule has 2 aliphatic rings. The molecule has 1 N–H and O–H groups in total. The third-order valence-corrected chi connectivity index (χ3v) is 7.88. The number of hydrogen-bond acceptors (Lipinski definition) is 9. The first-order valence-corrected chi connectivity index (χ1v) is 12.0. The lowest BCUT2D eigenvalue weighted by Gasteiger charge is -2.28. The van der Waals surface area contributed by atoms with E-state index in [0.29, 0.717) is 40.8 Å². The molecule has 164 valence electrons. The molecule has 3 aromatic rings. The van der Waals surface area contributed by atoms with Crippen molar-refractivity contribution in [3.8, 4) is 11.5 Å². The second-order valence-corrected chi connectivity index (χ2v) is 9.95. The number of ether oxygens (including phenoxy) is 4. The van der Waals surface area contributed by atoms with Crippen LogP contribution in [0.5, 0.6) is 11.5 Å². The van der Waals surface area contributed by atoms with Crippen LogP contribution in [0.4, 0.5) is 5.88 Å². The summed E-state index contributed by atoms with van der Waals surface area (Å²) >= 11 is 7.35. The number of nitrogens with zero attached hydrogens (tertiary/aromatic N) is 1. The number of nitrogens with one attached hydrogen (secondary N) is 1. The second kappa shape index (κ2) is 7.68. The first kappa shape index (κ1) is 20.6. The van der Waals surface area contributed by atoms with E-state index >= 15 is 0 Å². The molecule has 4 heterocycles. The van der Waals surface area contributed by atoms with Gasteiger partial charge in [0.1, 0.15) is 15.6 Å². The van der Waals surface area contributed by atoms with E-state index in [9.17, 15) is 8.42 Å². The predicted molar refractivity (Wildman–Crippen MR) is 111 cm³/mol. The highest BCUT2D eigenvalue weighted by atomic mass is 35.5. The number of rotatable bonds is 6. The number of sulfonamides is 1. The molecule has 1 aromatic carbocycles. The van der Waals surface area contributed by atoms with Crippen molar-refractivity contribution in [2.75, 3.05) is 24.7 Å². The summed E-state index contributed by atoms with van der Waals surface area (Å²) in [5.74, 6) is -0.0433. The van der Waals surface area contributed by atoms with Gasteiger partial charge in [-0.1, -0.05) is 16.8 Å². The molecule has 9 nitrogen and oxygen atoms in total. The zero-order valence-electron chi connectivity index (χ0n) is 16.2. The number of aromatic nitrogens is 1. The smallest absolute Gasteiger partial charge is 0.265 e. The number of anilines is 1. The minimum absolute atomic E-state index is 0.0850. The Morgan fingerprint density at radius 1 is 1.19 bits per heavy atom. The van der Waals surface area contributed by atoms with Gasteiger partial charge < -0.3 is 23.5 Å². The lowest BCUT2D eigenvalue weighted by atomic mass is 10.0. The average molecular weight is 485 g/mol. The first-order valence-electron chi connectivity index (χ1n) is 9.27. The number of benzene rings is 1. The number of hydrogen-bond donors (Lipinski definition) is 1. The van der Waals surface area contributed by atoms with Gasteiger partial charge in [-0.2, -0.15) is 0 Å². The predicted octanol–water partition coefficient (Wildman–Crippen LogP) is 3.67. The molecular weight excluding hydrogens is 468 g/mol. The minimum Gasteiger partial charge on any atom is -0.454 e. The van der Waals surface area contributed by atoms with Crippen LogP contribution in [0.25, 0.3) is 0 Å². The molecule has 1 saturated heterocycles. The fourth-order valence-corrected chi connectivity index (χ4v) is 6.14. The molecule has 0 aliphatic carbocycles. The Hall–Kier alpha value is -2.31. The van der Waals surface area contributed by atoms with Crippen LogP contribution in [0.2, 0.25) is 5.02 Å². The fraction of sp³-hybridized carbons (Fsp3) is 0.316. The molecule has 0 saturated carbocycles. The summed E-state index contributed by atoms with van der Waals surface area (Å²) in [7, 11) is -3.98. The molecule has 0 atom stereocenters. The molecule has 12 heteroatoms. The number of aryl methyl sites for hydroxylation is 1. The highest BCUT2D eigenvalue weighted by Crippen LogP contribution is 2.42. The van der Waals surface area contributed by atoms with Crippen LogP contribution in [0.15, 0.2) is 39.1 Å². The number of halogens is 1. The van der Waals surface area contributed by atoms with Crippen LogP contribution < -0.4 is 14.2 Å². The SMILES string of the molecule is Cc1noc(NS(=O)(=O)c2ccsc2CC2(c3ccc4c(c3)OCO4)OCCO2)c1Cl. The van der Waals surface area contributed by atoms with E-state index in [2.05, 4.69) is 9.88 Å². The first-order chi connectivity index (χ1) is 14.9. The summed E-state index contributed by atoms with van der Waals surface area (Å²) < 4.78 is 56.3. The normalized spacial score (nSPS) is 17.2. The quantitative estimate of drug-likeness (QED) is 0.564. The van der Waals surface area contributed by atoms with E-state index in [1.54, 1.807) is 24.4 Å². The topological polar surface area (TPSA) is 109 Å². The summed E-state index contributed by atoms with van der Waals surface area (Å²) in [6, 6.07) is 6.93. The van der Waals surface area contributed by atoms with Gasteiger partial charge in [0.2, 0.25) is 6.79 Å². The van der Waals surface area contributed by atoms with Gasteiger partial charge >= 0.3 is 0 Å². The Kier molecular flexibility index (Phi) is 5.10. The lowest BCUT2D eigenvalue weighted by Crippen LogP contribution is -2.30. The van der Waals surface area contributed by atoms with Crippen molar-refractivity contribution >= 4 is 38.8 Å². The van der Waals surface area contributed by atoms with Crippen molar-refractivity contribution in [3.63, 3.8) is 0 Å². The lowest BCUT2D eigenvalue weighted by molar-refractivity contribution is -0.164. The molecule has 0 amide bonds. The molecule has 31 heavy (non-hydrogen) atoms. The number of fused-ring (bicyclic) bond motifs is 1. The summed E-state index contributed by atoms with van der Waals surface area (Å²) in [6.45, 7) is 2.53. The Bertz CT molecular complexity index is 1230. The molecule has 5 rings (SSSR count). The van der Waals surface area contributed by atoms with Crippen molar-refractivity contribution < 1.29 is 31.9 Å². The third kappa shape index (κ3) is 3.66. The van der Waals surface area contributed by atoms with Gasteiger partial charge in [-0.25, -0.2) is 13.1 Å². The van der Waals surface area contributed by atoms with Gasteiger partial charge in [-0.05, 0) is 36.6 Å². The summed E-state index contributed by atoms with van der Waals surface area (Å²) in [5, 5.41) is 5.48. The molecule has 0 unspecified atom stereocenters. The maximum atomic E-state index is 13.0. The van der Waals surface area contributed by atoms with Crippen LogP contribution in [-0.2, 0) is 31.7 Å². The van der Waals surface area contributed by atoms with Crippen molar-refractivity contribution in [2.45, 2.75) is 24.0 Å². The van der Waals surface area contributed by atoms with Crippen LogP contribution in [0.1, 0.15) is 16.1 Å². The van der Waals surface area contributed by atoms with Crippen LogP contribution >= 0.6 is 22.9 Å². The van der Waals surface area contributed by atoms with Gasteiger partial charge in [-0.15, -0.1) is 11.3 Å². The van der Waals surface area contributed by atoms with Gasteiger partial charge in [-0.3, -0.25) is 0 Å². The summed E-state index contributed by atoms with van der Waals surface area (Å²) in [5.41, 5.74) is 1.10. The second-order valence-electron chi connectivity index (χ2n) is 6.92. The van der Waals surface area contributed by atoms with E-state index in [0.717, 1.165) is 0 Å². The van der Waals surface area contributed by atoms with Crippen molar-refractivity contribution in [2.24, 2.45) is 0 Å². The Morgan fingerprint density at radius 3 is 2.71 bits per heavy atom. The van der Waals surface area contributed by atoms with E-state index in [4.69, 9.17) is 35.1 Å².